The normalized spacial score (nSPS) is 14.9. The van der Waals surface area contributed by atoms with Crippen LogP contribution in [0.2, 0.25) is 5.02 Å². The van der Waals surface area contributed by atoms with Crippen molar-refractivity contribution < 1.29 is 9.72 Å². The first-order valence-electron chi connectivity index (χ1n) is 8.36. The highest BCUT2D eigenvalue weighted by molar-refractivity contribution is 6.33. The van der Waals surface area contributed by atoms with Gasteiger partial charge in [-0.2, -0.15) is 0 Å². The van der Waals surface area contributed by atoms with Gasteiger partial charge in [0.1, 0.15) is 5.82 Å². The molecule has 0 unspecified atom stereocenters. The summed E-state index contributed by atoms with van der Waals surface area (Å²) in [7, 11) is 0. The van der Waals surface area contributed by atoms with E-state index < -0.39 is 4.92 Å². The lowest BCUT2D eigenvalue weighted by molar-refractivity contribution is -0.384. The molecular weight excluding hydrogens is 356 g/mol. The van der Waals surface area contributed by atoms with Crippen LogP contribution in [-0.2, 0) is 4.79 Å². The third kappa shape index (κ3) is 4.11. The Morgan fingerprint density at radius 1 is 1.31 bits per heavy atom. The minimum atomic E-state index is -0.467. The zero-order valence-corrected chi connectivity index (χ0v) is 15.1. The zero-order valence-electron chi connectivity index (χ0n) is 14.3. The topological polar surface area (TPSA) is 88.4 Å². The third-order valence-corrected chi connectivity index (χ3v) is 4.82. The molecule has 136 valence electrons. The number of nitrogens with one attached hydrogen (secondary N) is 1. The van der Waals surface area contributed by atoms with E-state index in [9.17, 15) is 14.9 Å². The van der Waals surface area contributed by atoms with E-state index in [1.807, 2.05) is 19.1 Å². The number of carbonyl (C=O) groups is 1. The summed E-state index contributed by atoms with van der Waals surface area (Å²) in [5, 5.41) is 14.0. The number of pyridine rings is 1. The van der Waals surface area contributed by atoms with E-state index in [1.54, 1.807) is 12.3 Å². The molecule has 0 bridgehead atoms. The number of anilines is 2. The fourth-order valence-corrected chi connectivity index (χ4v) is 3.38. The largest absolute Gasteiger partial charge is 0.370 e. The van der Waals surface area contributed by atoms with E-state index in [-0.39, 0.29) is 17.5 Å². The maximum atomic E-state index is 12.4. The number of hydrogen-bond acceptors (Lipinski definition) is 5. The molecule has 1 aliphatic rings. The molecule has 0 atom stereocenters. The average Bonchev–Trinajstić information content (AvgIpc) is 2.61. The van der Waals surface area contributed by atoms with Gasteiger partial charge in [0.2, 0.25) is 5.91 Å². The first-order chi connectivity index (χ1) is 12.4. The van der Waals surface area contributed by atoms with Gasteiger partial charge >= 0.3 is 0 Å². The van der Waals surface area contributed by atoms with Crippen molar-refractivity contribution in [2.75, 3.05) is 23.3 Å². The molecule has 1 fully saturated rings. The Morgan fingerprint density at radius 2 is 2.04 bits per heavy atom. The molecule has 1 amide bonds. The van der Waals surface area contributed by atoms with Crippen LogP contribution in [0.15, 0.2) is 36.5 Å². The maximum Gasteiger partial charge on any atom is 0.271 e. The molecule has 0 aliphatic carbocycles. The highest BCUT2D eigenvalue weighted by Crippen LogP contribution is 2.32. The monoisotopic (exact) mass is 374 g/mol. The minimum Gasteiger partial charge on any atom is -0.370 e. The lowest BCUT2D eigenvalue weighted by atomic mass is 9.95. The van der Waals surface area contributed by atoms with Gasteiger partial charge in [-0.05, 0) is 43.5 Å². The van der Waals surface area contributed by atoms with Crippen molar-refractivity contribution in [1.29, 1.82) is 0 Å². The average molecular weight is 375 g/mol. The summed E-state index contributed by atoms with van der Waals surface area (Å²) in [5.41, 5.74) is 1.77. The molecule has 1 aromatic heterocycles. The number of non-ortho nitro benzene ring substituents is 1. The number of nitro benzene ring substituents is 1. The van der Waals surface area contributed by atoms with Gasteiger partial charge in [0.15, 0.2) is 0 Å². The summed E-state index contributed by atoms with van der Waals surface area (Å²) in [4.78, 5) is 29.0. The second kappa shape index (κ2) is 7.70. The molecule has 2 heterocycles. The summed E-state index contributed by atoms with van der Waals surface area (Å²) in [5.74, 6) is 0.443. The number of rotatable bonds is 4. The smallest absolute Gasteiger partial charge is 0.271 e. The number of benzene rings is 1. The number of hydrogen-bond donors (Lipinski definition) is 1. The van der Waals surface area contributed by atoms with Gasteiger partial charge in [0.05, 0.1) is 15.6 Å². The molecule has 1 N–H and O–H groups in total. The number of aryl methyl sites for hydroxylation is 1. The van der Waals surface area contributed by atoms with Gasteiger partial charge in [0.25, 0.3) is 5.69 Å². The Balaban J connectivity index is 1.60. The molecule has 0 spiro atoms. The van der Waals surface area contributed by atoms with Crippen molar-refractivity contribution in [2.45, 2.75) is 19.8 Å². The van der Waals surface area contributed by atoms with Crippen molar-refractivity contribution in [3.8, 4) is 0 Å². The Labute approximate surface area is 156 Å². The summed E-state index contributed by atoms with van der Waals surface area (Å²) >= 11 is 6.19. The third-order valence-electron chi connectivity index (χ3n) is 4.52. The van der Waals surface area contributed by atoms with Gasteiger partial charge < -0.3 is 10.2 Å². The number of piperidine rings is 1. The van der Waals surface area contributed by atoms with Gasteiger partial charge in [-0.3, -0.25) is 14.9 Å². The number of amides is 1. The van der Waals surface area contributed by atoms with E-state index in [4.69, 9.17) is 11.6 Å². The van der Waals surface area contributed by atoms with Crippen molar-refractivity contribution in [3.63, 3.8) is 0 Å². The number of carbonyl (C=O) groups excluding carboxylic acids is 1. The van der Waals surface area contributed by atoms with Crippen molar-refractivity contribution in [2.24, 2.45) is 5.92 Å². The van der Waals surface area contributed by atoms with Crippen LogP contribution in [0.5, 0.6) is 0 Å². The molecule has 8 heteroatoms. The lowest BCUT2D eigenvalue weighted by Crippen LogP contribution is -2.38. The van der Waals surface area contributed by atoms with Crippen LogP contribution in [0.3, 0.4) is 0 Å². The van der Waals surface area contributed by atoms with Crippen LogP contribution in [0.1, 0.15) is 18.4 Å². The van der Waals surface area contributed by atoms with E-state index in [2.05, 4.69) is 15.2 Å². The van der Waals surface area contributed by atoms with Crippen LogP contribution < -0.4 is 10.2 Å². The van der Waals surface area contributed by atoms with E-state index in [0.29, 0.717) is 36.8 Å². The van der Waals surface area contributed by atoms with E-state index >= 15 is 0 Å². The number of nitro groups is 1. The summed E-state index contributed by atoms with van der Waals surface area (Å²) in [6, 6.07) is 8.19. The highest BCUT2D eigenvalue weighted by atomic mass is 35.5. The lowest BCUT2D eigenvalue weighted by Gasteiger charge is -2.33. The highest BCUT2D eigenvalue weighted by Gasteiger charge is 2.26. The number of halogens is 1. The molecule has 2 aromatic rings. The van der Waals surface area contributed by atoms with Crippen LogP contribution in [-0.4, -0.2) is 28.9 Å². The molecule has 1 aliphatic heterocycles. The molecule has 3 rings (SSSR count). The second-order valence-electron chi connectivity index (χ2n) is 6.36. The van der Waals surface area contributed by atoms with Crippen molar-refractivity contribution >= 4 is 34.7 Å². The summed E-state index contributed by atoms with van der Waals surface area (Å²) < 4.78 is 0. The fourth-order valence-electron chi connectivity index (χ4n) is 3.08. The molecule has 1 aromatic carbocycles. The first kappa shape index (κ1) is 18.1. The number of nitrogens with zero attached hydrogens (tertiary/aromatic N) is 3. The number of aromatic nitrogens is 1. The Morgan fingerprint density at radius 3 is 2.65 bits per heavy atom. The summed E-state index contributed by atoms with van der Waals surface area (Å²) in [6.45, 7) is 3.28. The SMILES string of the molecule is Cc1ccnc(NC(=O)C2CCN(c3ccc([N+](=O)[O-])cc3Cl)CC2)c1. The second-order valence-corrected chi connectivity index (χ2v) is 6.77. The first-order valence-corrected chi connectivity index (χ1v) is 8.74. The van der Waals surface area contributed by atoms with Crippen LogP contribution in [0.4, 0.5) is 17.2 Å². The summed E-state index contributed by atoms with van der Waals surface area (Å²) in [6.07, 6.45) is 3.04. The minimum absolute atomic E-state index is 0.0290. The molecule has 0 radical (unpaired) electrons. The predicted molar refractivity (Wildman–Crippen MR) is 101 cm³/mol. The van der Waals surface area contributed by atoms with Crippen LogP contribution in [0, 0.1) is 23.0 Å². The fraction of sp³-hybridized carbons (Fsp3) is 0.333. The van der Waals surface area contributed by atoms with E-state index in [0.717, 1.165) is 11.3 Å². The quantitative estimate of drug-likeness (QED) is 0.649. The standard InChI is InChI=1S/C18H19ClN4O3/c1-12-4-7-20-17(10-12)21-18(24)13-5-8-22(9-6-13)16-3-2-14(23(25)26)11-15(16)19/h2-4,7,10-11,13H,5-6,8-9H2,1H3,(H,20,21,24). The molecule has 1 saturated heterocycles. The van der Waals surface area contributed by atoms with Crippen LogP contribution >= 0.6 is 11.6 Å². The maximum absolute atomic E-state index is 12.4. The molecule has 0 saturated carbocycles. The Hall–Kier alpha value is -2.67. The van der Waals surface area contributed by atoms with E-state index in [1.165, 1.54) is 12.1 Å². The zero-order chi connectivity index (χ0) is 18.7. The van der Waals surface area contributed by atoms with Gasteiger partial charge in [0, 0.05) is 37.3 Å². The Bertz CT molecular complexity index is 835. The van der Waals surface area contributed by atoms with Crippen LogP contribution in [0.25, 0.3) is 0 Å². The van der Waals surface area contributed by atoms with Crippen molar-refractivity contribution in [3.05, 3.63) is 57.2 Å². The molecule has 7 nitrogen and oxygen atoms in total. The van der Waals surface area contributed by atoms with Gasteiger partial charge in [-0.25, -0.2) is 4.98 Å². The Kier molecular flexibility index (Phi) is 5.37. The molecular formula is C18H19ClN4O3. The predicted octanol–water partition coefficient (Wildman–Crippen LogP) is 3.81. The van der Waals surface area contributed by atoms with Crippen molar-refractivity contribution in [1.82, 2.24) is 4.98 Å². The molecule has 26 heavy (non-hydrogen) atoms. The van der Waals surface area contributed by atoms with Gasteiger partial charge in [-0.1, -0.05) is 11.6 Å². The van der Waals surface area contributed by atoms with Gasteiger partial charge in [-0.15, -0.1) is 0 Å².